The second-order valence-corrected chi connectivity index (χ2v) is 5.23. The number of carbonyl (C=O) groups excluding carboxylic acids is 1. The summed E-state index contributed by atoms with van der Waals surface area (Å²) in [5.74, 6) is 0.179. The monoisotopic (exact) mass is 276 g/mol. The zero-order valence-corrected chi connectivity index (χ0v) is 11.8. The molecule has 0 aliphatic heterocycles. The lowest BCUT2D eigenvalue weighted by Gasteiger charge is -2.12. The fraction of sp³-hybridized carbons (Fsp3) is 0.385. The topological polar surface area (TPSA) is 90.1 Å². The summed E-state index contributed by atoms with van der Waals surface area (Å²) in [4.78, 5) is 19.7. The molecule has 7 nitrogen and oxygen atoms in total. The van der Waals surface area contributed by atoms with Crippen molar-refractivity contribution in [2.75, 3.05) is 12.4 Å². The summed E-state index contributed by atoms with van der Waals surface area (Å²) in [6.45, 7) is 6.02. The molecule has 20 heavy (non-hydrogen) atoms. The van der Waals surface area contributed by atoms with E-state index in [0.29, 0.717) is 5.88 Å². The zero-order chi connectivity index (χ0) is 14.8. The Hall–Kier alpha value is -2.44. The Morgan fingerprint density at radius 2 is 2.05 bits per heavy atom. The normalized spacial score (nSPS) is 11.2. The molecule has 2 aromatic heterocycles. The number of methoxy groups -OCH3 is 1. The van der Waals surface area contributed by atoms with E-state index in [9.17, 15) is 4.79 Å². The van der Waals surface area contributed by atoms with E-state index in [4.69, 9.17) is 9.26 Å². The third kappa shape index (κ3) is 3.11. The van der Waals surface area contributed by atoms with Gasteiger partial charge in [-0.15, -0.1) is 0 Å². The first-order valence-corrected chi connectivity index (χ1v) is 6.05. The molecule has 1 N–H and O–H groups in total. The fourth-order valence-corrected chi connectivity index (χ4v) is 1.44. The average molecular weight is 276 g/mol. The third-order valence-corrected chi connectivity index (χ3v) is 2.60. The molecule has 2 rings (SSSR count). The highest BCUT2D eigenvalue weighted by molar-refractivity contribution is 6.02. The minimum absolute atomic E-state index is 0.148. The van der Waals surface area contributed by atoms with Crippen molar-refractivity contribution in [3.8, 4) is 5.88 Å². The lowest BCUT2D eigenvalue weighted by atomic mass is 9.92. The van der Waals surface area contributed by atoms with E-state index in [2.05, 4.69) is 20.4 Å². The molecule has 0 saturated carbocycles. The number of anilines is 1. The first kappa shape index (κ1) is 14.0. The molecule has 7 heteroatoms. The Morgan fingerprint density at radius 1 is 1.30 bits per heavy atom. The van der Waals surface area contributed by atoms with Crippen molar-refractivity contribution in [2.24, 2.45) is 0 Å². The van der Waals surface area contributed by atoms with Gasteiger partial charge in [-0.2, -0.15) is 0 Å². The minimum Gasteiger partial charge on any atom is -0.481 e. The number of hydrogen-bond acceptors (Lipinski definition) is 6. The van der Waals surface area contributed by atoms with Crippen LogP contribution in [-0.4, -0.2) is 28.1 Å². The van der Waals surface area contributed by atoms with E-state index in [0.717, 1.165) is 5.69 Å². The quantitative estimate of drug-likeness (QED) is 0.922. The van der Waals surface area contributed by atoms with Gasteiger partial charge in [-0.05, 0) is 0 Å². The van der Waals surface area contributed by atoms with Gasteiger partial charge in [0, 0.05) is 17.5 Å². The highest BCUT2D eigenvalue weighted by Gasteiger charge is 2.20. The molecule has 0 aromatic carbocycles. The molecule has 0 aliphatic carbocycles. The van der Waals surface area contributed by atoms with Gasteiger partial charge in [-0.25, -0.2) is 9.97 Å². The molecular weight excluding hydrogens is 260 g/mol. The Kier molecular flexibility index (Phi) is 3.69. The second kappa shape index (κ2) is 5.28. The molecule has 0 radical (unpaired) electrons. The first-order chi connectivity index (χ1) is 9.40. The van der Waals surface area contributed by atoms with E-state index in [1.807, 2.05) is 20.8 Å². The van der Waals surface area contributed by atoms with Crippen molar-refractivity contribution < 1.29 is 14.1 Å². The number of nitrogens with one attached hydrogen (secondary N) is 1. The summed E-state index contributed by atoms with van der Waals surface area (Å²) in [6.07, 6.45) is 1.26. The molecule has 0 saturated heterocycles. The number of nitrogens with zero attached hydrogens (tertiary/aromatic N) is 3. The maximum Gasteiger partial charge on any atom is 0.276 e. The van der Waals surface area contributed by atoms with Crippen LogP contribution in [0, 0.1) is 0 Å². The van der Waals surface area contributed by atoms with Crippen LogP contribution >= 0.6 is 0 Å². The van der Waals surface area contributed by atoms with E-state index in [1.165, 1.54) is 19.5 Å². The van der Waals surface area contributed by atoms with Crippen LogP contribution < -0.4 is 10.1 Å². The predicted octanol–water partition coefficient (Wildman–Crippen LogP) is 2.02. The molecule has 0 unspecified atom stereocenters. The summed E-state index contributed by atoms with van der Waals surface area (Å²) in [5.41, 5.74) is 0.795. The summed E-state index contributed by atoms with van der Waals surface area (Å²) in [7, 11) is 1.47. The Bertz CT molecular complexity index is 616. The lowest BCUT2D eigenvalue weighted by molar-refractivity contribution is 0.101. The highest BCUT2D eigenvalue weighted by Crippen LogP contribution is 2.23. The van der Waals surface area contributed by atoms with Crippen LogP contribution in [0.4, 0.5) is 5.88 Å². The summed E-state index contributed by atoms with van der Waals surface area (Å²) in [5, 5.41) is 6.51. The van der Waals surface area contributed by atoms with E-state index >= 15 is 0 Å². The highest BCUT2D eigenvalue weighted by atomic mass is 16.5. The summed E-state index contributed by atoms with van der Waals surface area (Å²) < 4.78 is 10.0. The SMILES string of the molecule is COc1cc(C(=O)Nc2cc(C(C)(C)C)no2)ncn1. The van der Waals surface area contributed by atoms with Gasteiger partial charge in [-0.3, -0.25) is 10.1 Å². The van der Waals surface area contributed by atoms with Gasteiger partial charge in [0.25, 0.3) is 5.91 Å². The second-order valence-electron chi connectivity index (χ2n) is 5.23. The Labute approximate surface area is 116 Å². The van der Waals surface area contributed by atoms with Crippen LogP contribution in [0.1, 0.15) is 37.0 Å². The first-order valence-electron chi connectivity index (χ1n) is 6.05. The summed E-state index contributed by atoms with van der Waals surface area (Å²) in [6, 6.07) is 3.13. The Morgan fingerprint density at radius 3 is 2.65 bits per heavy atom. The van der Waals surface area contributed by atoms with E-state index in [1.54, 1.807) is 6.07 Å². The largest absolute Gasteiger partial charge is 0.481 e. The van der Waals surface area contributed by atoms with Gasteiger partial charge in [0.1, 0.15) is 12.0 Å². The molecular formula is C13H16N4O3. The molecule has 0 aliphatic rings. The van der Waals surface area contributed by atoms with Crippen molar-refractivity contribution in [1.82, 2.24) is 15.1 Å². The van der Waals surface area contributed by atoms with Gasteiger partial charge in [0.05, 0.1) is 12.8 Å². The van der Waals surface area contributed by atoms with Gasteiger partial charge < -0.3 is 9.26 Å². The van der Waals surface area contributed by atoms with E-state index in [-0.39, 0.29) is 17.0 Å². The molecule has 0 atom stereocenters. The minimum atomic E-state index is -0.415. The molecule has 106 valence electrons. The zero-order valence-electron chi connectivity index (χ0n) is 11.8. The fourth-order valence-electron chi connectivity index (χ4n) is 1.44. The number of carbonyl (C=O) groups is 1. The number of hydrogen-bond donors (Lipinski definition) is 1. The van der Waals surface area contributed by atoms with Crippen molar-refractivity contribution in [2.45, 2.75) is 26.2 Å². The van der Waals surface area contributed by atoms with Gasteiger partial charge in [-0.1, -0.05) is 25.9 Å². The number of ether oxygens (including phenoxy) is 1. The number of amides is 1. The predicted molar refractivity (Wildman–Crippen MR) is 71.7 cm³/mol. The smallest absolute Gasteiger partial charge is 0.276 e. The maximum absolute atomic E-state index is 12.0. The van der Waals surface area contributed by atoms with Crippen LogP contribution in [-0.2, 0) is 5.41 Å². The molecule has 2 aromatic rings. The van der Waals surface area contributed by atoms with Gasteiger partial charge >= 0.3 is 0 Å². The molecule has 1 amide bonds. The number of rotatable bonds is 3. The molecule has 2 heterocycles. The van der Waals surface area contributed by atoms with Crippen molar-refractivity contribution in [3.63, 3.8) is 0 Å². The average Bonchev–Trinajstić information content (AvgIpc) is 2.87. The maximum atomic E-state index is 12.0. The van der Waals surface area contributed by atoms with Crippen LogP contribution in [0.5, 0.6) is 5.88 Å². The third-order valence-electron chi connectivity index (χ3n) is 2.60. The standard InChI is InChI=1S/C13H16N4O3/c1-13(2,3)9-6-11(20-17-9)16-12(18)8-5-10(19-4)15-7-14-8/h5-7H,1-4H3,(H,16,18). The lowest BCUT2D eigenvalue weighted by Crippen LogP contribution is -2.14. The Balaban J connectivity index is 2.13. The molecule has 0 bridgehead atoms. The van der Waals surface area contributed by atoms with Gasteiger partial charge in [0.15, 0.2) is 0 Å². The van der Waals surface area contributed by atoms with E-state index < -0.39 is 5.91 Å². The van der Waals surface area contributed by atoms with Crippen LogP contribution in [0.15, 0.2) is 23.0 Å². The van der Waals surface area contributed by atoms with Crippen LogP contribution in [0.2, 0.25) is 0 Å². The van der Waals surface area contributed by atoms with Crippen LogP contribution in [0.3, 0.4) is 0 Å². The van der Waals surface area contributed by atoms with Crippen molar-refractivity contribution in [1.29, 1.82) is 0 Å². The summed E-state index contributed by atoms with van der Waals surface area (Å²) >= 11 is 0. The molecule has 0 spiro atoms. The van der Waals surface area contributed by atoms with Crippen molar-refractivity contribution in [3.05, 3.63) is 29.8 Å². The molecule has 0 fully saturated rings. The van der Waals surface area contributed by atoms with Crippen LogP contribution in [0.25, 0.3) is 0 Å². The number of aromatic nitrogens is 3. The van der Waals surface area contributed by atoms with Gasteiger partial charge in [0.2, 0.25) is 11.8 Å². The van der Waals surface area contributed by atoms with Crippen molar-refractivity contribution >= 4 is 11.8 Å².